The van der Waals surface area contributed by atoms with Crippen molar-refractivity contribution < 1.29 is 4.79 Å². The Morgan fingerprint density at radius 1 is 1.05 bits per heavy atom. The standard InChI is InChI=1S/C18H18N2O/c1-19-17-8-4-2-6-15(17)13-20-12-14(10-11-21)16-7-3-5-9-18(16)20/h2-9,11-12,19H,10,13H2,1H3. The molecule has 0 spiro atoms. The first-order valence-electron chi connectivity index (χ1n) is 7.09. The molecule has 1 aromatic heterocycles. The van der Waals surface area contributed by atoms with Gasteiger partial charge < -0.3 is 14.7 Å². The predicted octanol–water partition coefficient (Wildman–Crippen LogP) is 3.47. The lowest BCUT2D eigenvalue weighted by molar-refractivity contribution is -0.107. The number of fused-ring (bicyclic) bond motifs is 1. The Kier molecular flexibility index (Phi) is 3.73. The van der Waals surface area contributed by atoms with Crippen molar-refractivity contribution in [3.63, 3.8) is 0 Å². The van der Waals surface area contributed by atoms with Crippen molar-refractivity contribution in [2.45, 2.75) is 13.0 Å². The van der Waals surface area contributed by atoms with Crippen LogP contribution in [0, 0.1) is 0 Å². The summed E-state index contributed by atoms with van der Waals surface area (Å²) in [5.41, 5.74) is 4.62. The van der Waals surface area contributed by atoms with E-state index in [1.54, 1.807) is 0 Å². The Morgan fingerprint density at radius 2 is 1.81 bits per heavy atom. The topological polar surface area (TPSA) is 34.0 Å². The van der Waals surface area contributed by atoms with Gasteiger partial charge in [-0.15, -0.1) is 0 Å². The Labute approximate surface area is 124 Å². The van der Waals surface area contributed by atoms with Gasteiger partial charge in [0, 0.05) is 42.8 Å². The maximum absolute atomic E-state index is 10.9. The summed E-state index contributed by atoms with van der Waals surface area (Å²) < 4.78 is 2.21. The molecule has 21 heavy (non-hydrogen) atoms. The molecule has 1 N–H and O–H groups in total. The minimum absolute atomic E-state index is 0.460. The summed E-state index contributed by atoms with van der Waals surface area (Å²) in [7, 11) is 1.93. The maximum atomic E-state index is 10.9. The minimum Gasteiger partial charge on any atom is -0.388 e. The van der Waals surface area contributed by atoms with Gasteiger partial charge in [0.1, 0.15) is 6.29 Å². The lowest BCUT2D eigenvalue weighted by atomic mass is 10.1. The fourth-order valence-electron chi connectivity index (χ4n) is 2.79. The zero-order chi connectivity index (χ0) is 14.7. The molecule has 1 heterocycles. The number of benzene rings is 2. The lowest BCUT2D eigenvalue weighted by Crippen LogP contribution is -2.02. The van der Waals surface area contributed by atoms with Crippen molar-refractivity contribution in [2.24, 2.45) is 0 Å². The molecule has 0 aliphatic rings. The number of hydrogen-bond acceptors (Lipinski definition) is 2. The number of carbonyl (C=O) groups excluding carboxylic acids is 1. The highest BCUT2D eigenvalue weighted by Gasteiger charge is 2.09. The monoisotopic (exact) mass is 278 g/mol. The Morgan fingerprint density at radius 3 is 2.62 bits per heavy atom. The summed E-state index contributed by atoms with van der Waals surface area (Å²) in [5, 5.41) is 4.39. The molecule has 0 unspecified atom stereocenters. The fraction of sp³-hybridized carbons (Fsp3) is 0.167. The maximum Gasteiger partial charge on any atom is 0.124 e. The van der Waals surface area contributed by atoms with Gasteiger partial charge in [0.25, 0.3) is 0 Å². The third kappa shape index (κ3) is 2.55. The Balaban J connectivity index is 2.06. The van der Waals surface area contributed by atoms with Gasteiger partial charge in [0.2, 0.25) is 0 Å². The summed E-state index contributed by atoms with van der Waals surface area (Å²) in [6.45, 7) is 0.788. The van der Waals surface area contributed by atoms with E-state index in [-0.39, 0.29) is 0 Å². The number of para-hydroxylation sites is 2. The van der Waals surface area contributed by atoms with Crippen molar-refractivity contribution in [3.8, 4) is 0 Å². The molecule has 0 radical (unpaired) electrons. The minimum atomic E-state index is 0.460. The number of aldehydes is 1. The quantitative estimate of drug-likeness (QED) is 0.725. The van der Waals surface area contributed by atoms with Crippen LogP contribution in [0.5, 0.6) is 0 Å². The average molecular weight is 278 g/mol. The van der Waals surface area contributed by atoms with Gasteiger partial charge in [-0.3, -0.25) is 0 Å². The first kappa shape index (κ1) is 13.4. The molecule has 106 valence electrons. The Bertz CT molecular complexity index is 774. The molecular formula is C18H18N2O. The molecule has 3 rings (SSSR count). The van der Waals surface area contributed by atoms with Gasteiger partial charge in [-0.1, -0.05) is 36.4 Å². The van der Waals surface area contributed by atoms with Crippen LogP contribution < -0.4 is 5.32 Å². The van der Waals surface area contributed by atoms with E-state index >= 15 is 0 Å². The van der Waals surface area contributed by atoms with Crippen LogP contribution in [0.1, 0.15) is 11.1 Å². The molecule has 3 aromatic rings. The fourth-order valence-corrected chi connectivity index (χ4v) is 2.79. The van der Waals surface area contributed by atoms with E-state index in [4.69, 9.17) is 0 Å². The highest BCUT2D eigenvalue weighted by atomic mass is 16.1. The molecule has 0 atom stereocenters. The summed E-state index contributed by atoms with van der Waals surface area (Å²) >= 11 is 0. The highest BCUT2D eigenvalue weighted by Crippen LogP contribution is 2.24. The van der Waals surface area contributed by atoms with Crippen molar-refractivity contribution in [1.29, 1.82) is 0 Å². The number of aromatic nitrogens is 1. The molecule has 2 aromatic carbocycles. The summed E-state index contributed by atoms with van der Waals surface area (Å²) in [4.78, 5) is 10.9. The van der Waals surface area contributed by atoms with Gasteiger partial charge in [-0.05, 0) is 23.3 Å². The number of carbonyl (C=O) groups is 1. The lowest BCUT2D eigenvalue weighted by Gasteiger charge is -2.10. The van der Waals surface area contributed by atoms with Crippen LogP contribution in [0.25, 0.3) is 10.9 Å². The van der Waals surface area contributed by atoms with Crippen LogP contribution >= 0.6 is 0 Å². The van der Waals surface area contributed by atoms with Crippen molar-refractivity contribution in [1.82, 2.24) is 4.57 Å². The van der Waals surface area contributed by atoms with E-state index in [2.05, 4.69) is 40.3 Å². The van der Waals surface area contributed by atoms with Gasteiger partial charge in [-0.2, -0.15) is 0 Å². The molecule has 0 aliphatic carbocycles. The number of rotatable bonds is 5. The van der Waals surface area contributed by atoms with E-state index < -0.39 is 0 Å². The second-order valence-electron chi connectivity index (χ2n) is 5.08. The van der Waals surface area contributed by atoms with Crippen molar-refractivity contribution >= 4 is 22.9 Å². The van der Waals surface area contributed by atoms with Crippen LogP contribution in [-0.2, 0) is 17.8 Å². The summed E-state index contributed by atoms with van der Waals surface area (Å²) in [6.07, 6.45) is 3.51. The number of anilines is 1. The third-order valence-electron chi connectivity index (χ3n) is 3.80. The first-order valence-corrected chi connectivity index (χ1v) is 7.09. The van der Waals surface area contributed by atoms with Gasteiger partial charge in [0.05, 0.1) is 0 Å². The third-order valence-corrected chi connectivity index (χ3v) is 3.80. The molecule has 3 nitrogen and oxygen atoms in total. The van der Waals surface area contributed by atoms with Crippen molar-refractivity contribution in [2.75, 3.05) is 12.4 Å². The van der Waals surface area contributed by atoms with Crippen molar-refractivity contribution in [3.05, 3.63) is 65.9 Å². The molecule has 3 heteroatoms. The molecule has 0 amide bonds. The zero-order valence-corrected chi connectivity index (χ0v) is 12.0. The molecule has 0 fully saturated rings. The van der Waals surface area contributed by atoms with E-state index in [9.17, 15) is 4.79 Å². The predicted molar refractivity (Wildman–Crippen MR) is 86.8 cm³/mol. The largest absolute Gasteiger partial charge is 0.388 e. The molecule has 0 saturated carbocycles. The van der Waals surface area contributed by atoms with Gasteiger partial charge in [0.15, 0.2) is 0 Å². The number of nitrogens with zero attached hydrogens (tertiary/aromatic N) is 1. The first-order chi connectivity index (χ1) is 10.3. The normalized spacial score (nSPS) is 10.7. The van der Waals surface area contributed by atoms with Gasteiger partial charge in [-0.25, -0.2) is 0 Å². The van der Waals surface area contributed by atoms with E-state index in [1.165, 1.54) is 11.1 Å². The molecule has 0 aliphatic heterocycles. The molecular weight excluding hydrogens is 260 g/mol. The molecule has 0 bridgehead atoms. The van der Waals surface area contributed by atoms with Gasteiger partial charge >= 0.3 is 0 Å². The zero-order valence-electron chi connectivity index (χ0n) is 12.0. The van der Waals surface area contributed by atoms with Crippen LogP contribution in [0.4, 0.5) is 5.69 Å². The Hall–Kier alpha value is -2.55. The summed E-state index contributed by atoms with van der Waals surface area (Å²) in [5.74, 6) is 0. The average Bonchev–Trinajstić information content (AvgIpc) is 2.87. The summed E-state index contributed by atoms with van der Waals surface area (Å²) in [6, 6.07) is 16.5. The van der Waals surface area contributed by atoms with Crippen LogP contribution in [-0.4, -0.2) is 17.9 Å². The highest BCUT2D eigenvalue weighted by molar-refractivity contribution is 5.86. The van der Waals surface area contributed by atoms with E-state index in [0.29, 0.717) is 6.42 Å². The smallest absolute Gasteiger partial charge is 0.124 e. The van der Waals surface area contributed by atoms with Crippen LogP contribution in [0.15, 0.2) is 54.7 Å². The molecule has 0 saturated heterocycles. The SMILES string of the molecule is CNc1ccccc1Cn1cc(CC=O)c2ccccc21. The van der Waals surface area contributed by atoms with Crippen LogP contribution in [0.3, 0.4) is 0 Å². The number of hydrogen-bond donors (Lipinski definition) is 1. The number of nitrogens with one attached hydrogen (secondary N) is 1. The second kappa shape index (κ2) is 5.83. The van der Waals surface area contributed by atoms with E-state index in [1.807, 2.05) is 31.3 Å². The second-order valence-corrected chi connectivity index (χ2v) is 5.08. The van der Waals surface area contributed by atoms with Crippen LogP contribution in [0.2, 0.25) is 0 Å². The van der Waals surface area contributed by atoms with E-state index in [0.717, 1.165) is 29.5 Å².